The van der Waals surface area contributed by atoms with E-state index in [9.17, 15) is 4.79 Å². The quantitative estimate of drug-likeness (QED) is 0.413. The lowest BCUT2D eigenvalue weighted by Crippen LogP contribution is -2.40. The molecule has 0 aliphatic carbocycles. The molecule has 0 saturated heterocycles. The van der Waals surface area contributed by atoms with Crippen molar-refractivity contribution < 1.29 is 4.79 Å². The number of nitrogens with zero attached hydrogens (tertiary/aromatic N) is 1. The zero-order valence-corrected chi connectivity index (χ0v) is 13.1. The molecule has 0 aromatic carbocycles. The number of rotatable bonds is 8. The summed E-state index contributed by atoms with van der Waals surface area (Å²) in [6.45, 7) is 7.33. The zero-order valence-electron chi connectivity index (χ0n) is 12.3. The fourth-order valence-electron chi connectivity index (χ4n) is 1.71. The van der Waals surface area contributed by atoms with Gasteiger partial charge in [-0.1, -0.05) is 57.6 Å². The molecular formula is C15H27NOS. The van der Waals surface area contributed by atoms with Crippen LogP contribution in [0.15, 0.2) is 0 Å². The molecule has 0 aromatic rings. The van der Waals surface area contributed by atoms with Crippen LogP contribution in [0.25, 0.3) is 0 Å². The number of unbranched alkanes of at least 4 members (excludes halogenated alkanes) is 5. The van der Waals surface area contributed by atoms with Crippen LogP contribution in [0.4, 0.5) is 0 Å². The van der Waals surface area contributed by atoms with Crippen LogP contribution in [-0.4, -0.2) is 29.1 Å². The molecule has 0 atom stereocenters. The minimum Gasteiger partial charge on any atom is -0.291 e. The van der Waals surface area contributed by atoms with Crippen LogP contribution in [-0.2, 0) is 4.79 Å². The summed E-state index contributed by atoms with van der Waals surface area (Å²) in [6.07, 6.45) is 7.77. The molecule has 0 N–H and O–H groups in total. The average molecular weight is 269 g/mol. The molecule has 0 aromatic heterocycles. The van der Waals surface area contributed by atoms with Crippen molar-refractivity contribution >= 4 is 17.7 Å². The summed E-state index contributed by atoms with van der Waals surface area (Å²) < 4.78 is 0. The first kappa shape index (κ1) is 17.5. The molecular weight excluding hydrogens is 242 g/mol. The van der Waals surface area contributed by atoms with Gasteiger partial charge in [-0.25, -0.2) is 0 Å². The van der Waals surface area contributed by atoms with Gasteiger partial charge in [-0.05, 0) is 39.8 Å². The van der Waals surface area contributed by atoms with E-state index >= 15 is 0 Å². The highest BCUT2D eigenvalue weighted by Gasteiger charge is 2.20. The van der Waals surface area contributed by atoms with Gasteiger partial charge in [0.1, 0.15) is 0 Å². The van der Waals surface area contributed by atoms with Crippen molar-refractivity contribution in [3.63, 3.8) is 0 Å². The van der Waals surface area contributed by atoms with E-state index in [0.29, 0.717) is 0 Å². The number of carbonyl (C=O) groups excluding carboxylic acids is 1. The summed E-state index contributed by atoms with van der Waals surface area (Å²) in [7, 11) is 2.06. The lowest BCUT2D eigenvalue weighted by Gasteiger charge is -2.30. The fourth-order valence-corrected chi connectivity index (χ4v) is 1.77. The lowest BCUT2D eigenvalue weighted by molar-refractivity contribution is -0.106. The monoisotopic (exact) mass is 269 g/mol. The first-order valence-corrected chi connectivity index (χ1v) is 7.32. The van der Waals surface area contributed by atoms with E-state index in [2.05, 4.69) is 43.3 Å². The van der Waals surface area contributed by atoms with Gasteiger partial charge in [0.05, 0.1) is 5.54 Å². The molecule has 18 heavy (non-hydrogen) atoms. The summed E-state index contributed by atoms with van der Waals surface area (Å²) in [4.78, 5) is 13.0. The molecule has 0 bridgehead atoms. The molecule has 0 saturated carbocycles. The van der Waals surface area contributed by atoms with Gasteiger partial charge in [0.25, 0.3) is 5.12 Å². The van der Waals surface area contributed by atoms with Crippen LogP contribution in [0.2, 0.25) is 0 Å². The van der Waals surface area contributed by atoms with Gasteiger partial charge < -0.3 is 0 Å². The molecule has 0 fully saturated rings. The molecule has 0 unspecified atom stereocenters. The first-order valence-electron chi connectivity index (χ1n) is 6.87. The van der Waals surface area contributed by atoms with Gasteiger partial charge in [-0.2, -0.15) is 0 Å². The molecule has 104 valence electrons. The second-order valence-electron chi connectivity index (χ2n) is 5.30. The minimum atomic E-state index is -0.365. The number of hydrogen-bond donors (Lipinski definition) is 1. The summed E-state index contributed by atoms with van der Waals surface area (Å²) in [5.41, 5.74) is -0.262. The van der Waals surface area contributed by atoms with E-state index in [1.165, 1.54) is 38.5 Å². The topological polar surface area (TPSA) is 20.3 Å². The summed E-state index contributed by atoms with van der Waals surface area (Å²) >= 11 is 3.67. The summed E-state index contributed by atoms with van der Waals surface area (Å²) in [6, 6.07) is 0. The molecule has 0 rings (SSSR count). The first-order chi connectivity index (χ1) is 8.40. The highest BCUT2D eigenvalue weighted by molar-refractivity contribution is 7.97. The minimum absolute atomic E-state index is 0.262. The Kier molecular flexibility index (Phi) is 9.23. The van der Waals surface area contributed by atoms with Crippen LogP contribution < -0.4 is 0 Å². The Balaban J connectivity index is 3.90. The highest BCUT2D eigenvalue weighted by Crippen LogP contribution is 2.13. The van der Waals surface area contributed by atoms with Crippen molar-refractivity contribution in [2.45, 2.75) is 64.8 Å². The third-order valence-corrected chi connectivity index (χ3v) is 3.39. The Morgan fingerprint density at radius 3 is 2.28 bits per heavy atom. The van der Waals surface area contributed by atoms with E-state index < -0.39 is 0 Å². The maximum atomic E-state index is 10.7. The van der Waals surface area contributed by atoms with Gasteiger partial charge in [-0.15, -0.1) is 0 Å². The number of carbonyl (C=O) groups is 1. The predicted octanol–water partition coefficient (Wildman–Crippen LogP) is 3.52. The van der Waals surface area contributed by atoms with Crippen LogP contribution in [0.1, 0.15) is 59.3 Å². The number of thiol groups is 1. The molecule has 0 aliphatic heterocycles. The Morgan fingerprint density at radius 1 is 1.17 bits per heavy atom. The van der Waals surface area contributed by atoms with Crippen molar-refractivity contribution in [2.75, 3.05) is 13.6 Å². The molecule has 3 heteroatoms. The summed E-state index contributed by atoms with van der Waals surface area (Å²) in [5, 5.41) is -0.365. The largest absolute Gasteiger partial charge is 0.291 e. The van der Waals surface area contributed by atoms with Crippen molar-refractivity contribution in [1.29, 1.82) is 0 Å². The smallest absolute Gasteiger partial charge is 0.259 e. The Morgan fingerprint density at radius 2 is 1.72 bits per heavy atom. The van der Waals surface area contributed by atoms with E-state index in [-0.39, 0.29) is 10.7 Å². The van der Waals surface area contributed by atoms with E-state index in [1.807, 2.05) is 13.8 Å². The van der Waals surface area contributed by atoms with Gasteiger partial charge in [0.2, 0.25) is 0 Å². The highest BCUT2D eigenvalue weighted by atomic mass is 32.1. The summed E-state index contributed by atoms with van der Waals surface area (Å²) in [5.74, 6) is 5.49. The van der Waals surface area contributed by atoms with Crippen molar-refractivity contribution in [3.8, 4) is 11.8 Å². The van der Waals surface area contributed by atoms with Crippen molar-refractivity contribution in [3.05, 3.63) is 0 Å². The number of hydrogen-bond acceptors (Lipinski definition) is 2. The SMILES string of the molecule is CCCCCCCCN(C)C(C)(C)C#CC(=O)S. The van der Waals surface area contributed by atoms with Crippen molar-refractivity contribution in [2.24, 2.45) is 0 Å². The van der Waals surface area contributed by atoms with E-state index in [4.69, 9.17) is 0 Å². The van der Waals surface area contributed by atoms with E-state index in [0.717, 1.165) is 6.54 Å². The standard InChI is InChI=1S/C15H27NOS/c1-5-6-7-8-9-10-13-16(4)15(2,3)12-11-14(17)18/h5-10,13H2,1-4H3,(H,17,18). The Bertz CT molecular complexity index is 301. The maximum Gasteiger partial charge on any atom is 0.259 e. The maximum absolute atomic E-state index is 10.7. The molecule has 0 aliphatic rings. The fraction of sp³-hybridized carbons (Fsp3) is 0.800. The van der Waals surface area contributed by atoms with Crippen LogP contribution in [0.3, 0.4) is 0 Å². The van der Waals surface area contributed by atoms with Gasteiger partial charge in [-0.3, -0.25) is 9.69 Å². The van der Waals surface area contributed by atoms with Gasteiger partial charge in [0, 0.05) is 0 Å². The molecule has 0 heterocycles. The molecule has 0 amide bonds. The lowest BCUT2D eigenvalue weighted by atomic mass is 10.0. The van der Waals surface area contributed by atoms with Crippen LogP contribution >= 0.6 is 12.6 Å². The third-order valence-electron chi connectivity index (χ3n) is 3.28. The van der Waals surface area contributed by atoms with Crippen molar-refractivity contribution in [1.82, 2.24) is 4.90 Å². The Hall–Kier alpha value is -0.460. The normalized spacial score (nSPS) is 11.2. The van der Waals surface area contributed by atoms with Gasteiger partial charge >= 0.3 is 0 Å². The van der Waals surface area contributed by atoms with Crippen LogP contribution in [0.5, 0.6) is 0 Å². The zero-order chi connectivity index (χ0) is 14.0. The predicted molar refractivity (Wildman–Crippen MR) is 81.9 cm³/mol. The molecule has 0 spiro atoms. The second-order valence-corrected chi connectivity index (χ2v) is 5.71. The molecule has 0 radical (unpaired) electrons. The third kappa shape index (κ3) is 8.60. The average Bonchev–Trinajstić information content (AvgIpc) is 2.31. The second kappa shape index (κ2) is 9.47. The Labute approximate surface area is 118 Å². The van der Waals surface area contributed by atoms with Gasteiger partial charge in [0.15, 0.2) is 0 Å². The molecule has 2 nitrogen and oxygen atoms in total. The van der Waals surface area contributed by atoms with E-state index in [1.54, 1.807) is 0 Å². The van der Waals surface area contributed by atoms with Crippen LogP contribution in [0, 0.1) is 11.8 Å².